The van der Waals surface area contributed by atoms with Gasteiger partial charge in [0.25, 0.3) is 5.91 Å². The molecule has 120 valence electrons. The van der Waals surface area contributed by atoms with Crippen LogP contribution in [0.3, 0.4) is 0 Å². The number of carbonyl (C=O) groups excluding carboxylic acids is 1. The van der Waals surface area contributed by atoms with E-state index in [4.69, 9.17) is 0 Å². The zero-order valence-electron chi connectivity index (χ0n) is 13.3. The van der Waals surface area contributed by atoms with Crippen molar-refractivity contribution in [2.45, 2.75) is 25.8 Å². The van der Waals surface area contributed by atoms with Gasteiger partial charge < -0.3 is 10.2 Å². The number of rotatable bonds is 3. The van der Waals surface area contributed by atoms with Gasteiger partial charge in [0.15, 0.2) is 5.01 Å². The molecule has 1 N–H and O–H groups in total. The number of nitrogens with zero attached hydrogens (tertiary/aromatic N) is 2. The Bertz CT molecular complexity index is 715. The number of carbonyl (C=O) groups is 1. The van der Waals surface area contributed by atoms with Crippen LogP contribution in [0.2, 0.25) is 0 Å². The predicted molar refractivity (Wildman–Crippen MR) is 92.7 cm³/mol. The molecule has 2 fully saturated rings. The van der Waals surface area contributed by atoms with Crippen LogP contribution >= 0.6 is 11.3 Å². The van der Waals surface area contributed by atoms with Gasteiger partial charge in [-0.25, -0.2) is 4.98 Å². The van der Waals surface area contributed by atoms with E-state index in [1.807, 2.05) is 12.3 Å². The quantitative estimate of drug-likeness (QED) is 0.943. The highest BCUT2D eigenvalue weighted by molar-refractivity contribution is 7.16. The first-order valence-corrected chi connectivity index (χ1v) is 9.05. The topological polar surface area (TPSA) is 45.2 Å². The van der Waals surface area contributed by atoms with E-state index in [1.54, 1.807) is 0 Å². The van der Waals surface area contributed by atoms with Gasteiger partial charge in [0.05, 0.1) is 4.88 Å². The molecule has 2 aromatic rings. The lowest BCUT2D eigenvalue weighted by molar-refractivity contribution is 0.0909. The molecule has 3 heterocycles. The molecule has 2 aliphatic rings. The minimum absolute atomic E-state index is 0.0265. The van der Waals surface area contributed by atoms with Crippen LogP contribution in [0.15, 0.2) is 30.5 Å². The van der Waals surface area contributed by atoms with Crippen LogP contribution in [-0.4, -0.2) is 41.5 Å². The van der Waals surface area contributed by atoms with Crippen LogP contribution in [-0.2, 0) is 0 Å². The lowest BCUT2D eigenvalue weighted by Crippen LogP contribution is -2.46. The highest BCUT2D eigenvalue weighted by Gasteiger charge is 2.33. The molecule has 2 saturated heterocycles. The number of piperidine rings is 1. The van der Waals surface area contributed by atoms with Gasteiger partial charge in [-0.3, -0.25) is 4.79 Å². The molecule has 3 atom stereocenters. The third-order valence-corrected chi connectivity index (χ3v) is 5.85. The second-order valence-electron chi connectivity index (χ2n) is 6.72. The van der Waals surface area contributed by atoms with Crippen molar-refractivity contribution in [3.05, 3.63) is 41.0 Å². The maximum Gasteiger partial charge on any atom is 0.280 e. The fraction of sp³-hybridized carbons (Fsp3) is 0.444. The molecule has 0 radical (unpaired) electrons. The van der Waals surface area contributed by atoms with Crippen molar-refractivity contribution < 1.29 is 4.79 Å². The Kier molecular flexibility index (Phi) is 3.91. The van der Waals surface area contributed by atoms with Crippen molar-refractivity contribution in [2.75, 3.05) is 19.6 Å². The van der Waals surface area contributed by atoms with E-state index >= 15 is 0 Å². The molecule has 1 amide bonds. The number of benzene rings is 1. The molecule has 0 spiro atoms. The van der Waals surface area contributed by atoms with Crippen LogP contribution in [0.25, 0.3) is 10.4 Å². The first kappa shape index (κ1) is 14.8. The van der Waals surface area contributed by atoms with E-state index in [1.165, 1.54) is 36.4 Å². The lowest BCUT2D eigenvalue weighted by atomic mass is 9.97. The summed E-state index contributed by atoms with van der Waals surface area (Å²) in [6.07, 6.45) is 4.20. The van der Waals surface area contributed by atoms with Gasteiger partial charge in [-0.15, -0.1) is 11.3 Å². The summed E-state index contributed by atoms with van der Waals surface area (Å²) >= 11 is 1.47. The van der Waals surface area contributed by atoms with Crippen molar-refractivity contribution in [2.24, 2.45) is 5.92 Å². The van der Waals surface area contributed by atoms with Gasteiger partial charge in [-0.1, -0.05) is 29.8 Å². The number of aromatic nitrogens is 1. The molecular weight excluding hydrogens is 306 g/mol. The number of nitrogens with one attached hydrogen (secondary N) is 1. The summed E-state index contributed by atoms with van der Waals surface area (Å²) in [5.41, 5.74) is 2.34. The molecule has 1 aromatic heterocycles. The molecule has 2 bridgehead atoms. The number of amides is 1. The predicted octanol–water partition coefficient (Wildman–Crippen LogP) is 2.94. The third-order valence-electron chi connectivity index (χ3n) is 4.80. The normalized spacial score (nSPS) is 26.2. The van der Waals surface area contributed by atoms with Gasteiger partial charge in [0.2, 0.25) is 0 Å². The summed E-state index contributed by atoms with van der Waals surface area (Å²) in [5, 5.41) is 3.74. The standard InChI is InChI=1S/C18H21N3OS/c1-12-3-2-4-14(7-12)16-9-19-18(23-16)17(22)20-15-8-13-5-6-21(10-13)11-15/h2-4,7,9,13,15H,5-6,8,10-11H2,1H3,(H,20,22). The fourth-order valence-electron chi connectivity index (χ4n) is 3.72. The van der Waals surface area contributed by atoms with E-state index in [9.17, 15) is 4.79 Å². The fourth-order valence-corrected chi connectivity index (χ4v) is 4.54. The van der Waals surface area contributed by atoms with E-state index < -0.39 is 0 Å². The Labute approximate surface area is 140 Å². The van der Waals surface area contributed by atoms with Crippen molar-refractivity contribution in [3.8, 4) is 10.4 Å². The van der Waals surface area contributed by atoms with Gasteiger partial charge in [-0.05, 0) is 37.8 Å². The average molecular weight is 327 g/mol. The molecule has 3 unspecified atom stereocenters. The molecule has 1 aromatic carbocycles. The molecule has 0 aliphatic carbocycles. The molecule has 2 aliphatic heterocycles. The number of fused-ring (bicyclic) bond motifs is 2. The zero-order valence-corrected chi connectivity index (χ0v) is 14.1. The molecule has 0 saturated carbocycles. The Hall–Kier alpha value is -1.72. The van der Waals surface area contributed by atoms with Gasteiger partial charge in [0, 0.05) is 25.3 Å². The first-order valence-electron chi connectivity index (χ1n) is 8.23. The number of hydrogen-bond donors (Lipinski definition) is 1. The lowest BCUT2D eigenvalue weighted by Gasteiger charge is -2.30. The largest absolute Gasteiger partial charge is 0.346 e. The first-order chi connectivity index (χ1) is 11.2. The summed E-state index contributed by atoms with van der Waals surface area (Å²) in [7, 11) is 0. The van der Waals surface area contributed by atoms with Crippen LogP contribution in [0.1, 0.15) is 28.2 Å². The Balaban J connectivity index is 1.45. The summed E-state index contributed by atoms with van der Waals surface area (Å²) < 4.78 is 0. The minimum Gasteiger partial charge on any atom is -0.346 e. The maximum atomic E-state index is 12.5. The van der Waals surface area contributed by atoms with Crippen LogP contribution in [0.4, 0.5) is 0 Å². The highest BCUT2D eigenvalue weighted by Crippen LogP contribution is 2.28. The van der Waals surface area contributed by atoms with Crippen molar-refractivity contribution >= 4 is 17.2 Å². The summed E-state index contributed by atoms with van der Waals surface area (Å²) in [6, 6.07) is 8.58. The zero-order chi connectivity index (χ0) is 15.8. The summed E-state index contributed by atoms with van der Waals surface area (Å²) in [5.74, 6) is 0.731. The second kappa shape index (κ2) is 6.06. The highest BCUT2D eigenvalue weighted by atomic mass is 32.1. The van der Waals surface area contributed by atoms with Crippen molar-refractivity contribution in [3.63, 3.8) is 0 Å². The average Bonchev–Trinajstić information content (AvgIpc) is 3.14. The van der Waals surface area contributed by atoms with E-state index in [-0.39, 0.29) is 11.9 Å². The number of aryl methyl sites for hydroxylation is 1. The molecule has 4 rings (SSSR count). The number of thiazole rings is 1. The van der Waals surface area contributed by atoms with E-state index in [0.29, 0.717) is 5.01 Å². The van der Waals surface area contributed by atoms with Crippen LogP contribution in [0.5, 0.6) is 0 Å². The van der Waals surface area contributed by atoms with Gasteiger partial charge in [-0.2, -0.15) is 0 Å². The second-order valence-corrected chi connectivity index (χ2v) is 7.75. The van der Waals surface area contributed by atoms with Crippen LogP contribution < -0.4 is 5.32 Å². The summed E-state index contributed by atoms with van der Waals surface area (Å²) in [6.45, 7) is 5.45. The maximum absolute atomic E-state index is 12.5. The Morgan fingerprint density at radius 2 is 2.30 bits per heavy atom. The molecule has 4 nitrogen and oxygen atoms in total. The van der Waals surface area contributed by atoms with Crippen molar-refractivity contribution in [1.29, 1.82) is 0 Å². The number of hydrogen-bond acceptors (Lipinski definition) is 4. The van der Waals surface area contributed by atoms with Crippen molar-refractivity contribution in [1.82, 2.24) is 15.2 Å². The molecule has 23 heavy (non-hydrogen) atoms. The monoisotopic (exact) mass is 327 g/mol. The van der Waals surface area contributed by atoms with Gasteiger partial charge >= 0.3 is 0 Å². The molecular formula is C18H21N3OS. The smallest absolute Gasteiger partial charge is 0.280 e. The van der Waals surface area contributed by atoms with Crippen LogP contribution in [0, 0.1) is 12.8 Å². The Morgan fingerprint density at radius 3 is 3.13 bits per heavy atom. The third kappa shape index (κ3) is 3.16. The molecule has 5 heteroatoms. The Morgan fingerprint density at radius 1 is 1.39 bits per heavy atom. The van der Waals surface area contributed by atoms with E-state index in [2.05, 4.69) is 40.3 Å². The SMILES string of the molecule is Cc1cccc(-c2cnc(C(=O)NC3CC4CCN(C4)C3)s2)c1. The summed E-state index contributed by atoms with van der Waals surface area (Å²) in [4.78, 5) is 20.3. The van der Waals surface area contributed by atoms with E-state index in [0.717, 1.165) is 29.3 Å². The van der Waals surface area contributed by atoms with Gasteiger partial charge in [0.1, 0.15) is 0 Å². The minimum atomic E-state index is -0.0265.